The monoisotopic (exact) mass is 488 g/mol. The van der Waals surface area contributed by atoms with Crippen molar-refractivity contribution in [1.82, 2.24) is 15.2 Å². The number of para-hydroxylation sites is 1. The van der Waals surface area contributed by atoms with Gasteiger partial charge in [0.05, 0.1) is 12.3 Å². The second kappa shape index (κ2) is 11.9. The van der Waals surface area contributed by atoms with Crippen LogP contribution in [0.1, 0.15) is 16.8 Å². The van der Waals surface area contributed by atoms with Gasteiger partial charge in [-0.05, 0) is 41.5 Å². The van der Waals surface area contributed by atoms with Crippen LogP contribution >= 0.6 is 0 Å². The van der Waals surface area contributed by atoms with Crippen LogP contribution in [-0.2, 0) is 9.63 Å². The van der Waals surface area contributed by atoms with Gasteiger partial charge in [-0.25, -0.2) is 0 Å². The highest BCUT2D eigenvalue weighted by Gasteiger charge is 2.38. The van der Waals surface area contributed by atoms with E-state index in [2.05, 4.69) is 15.5 Å². The lowest BCUT2D eigenvalue weighted by atomic mass is 10.0. The molecule has 1 aliphatic heterocycles. The first kappa shape index (κ1) is 24.9. The second-order valence-electron chi connectivity index (χ2n) is 8.34. The molecule has 1 aromatic heterocycles. The Kier molecular flexibility index (Phi) is 8.25. The number of carbonyl (C=O) groups is 2. The Labute approximate surface area is 209 Å². The maximum atomic E-state index is 13.3. The van der Waals surface area contributed by atoms with Gasteiger partial charge in [-0.1, -0.05) is 41.6 Å². The van der Waals surface area contributed by atoms with Crippen molar-refractivity contribution in [2.24, 2.45) is 5.16 Å². The SMILES string of the molecule is CO/N=C1\CC(C(=O)NCC(O)COc2ccccc2)N(C(=O)c2ccc(-c3cccnc3)cc2)C1. The van der Waals surface area contributed by atoms with E-state index in [9.17, 15) is 14.7 Å². The summed E-state index contributed by atoms with van der Waals surface area (Å²) >= 11 is 0. The Morgan fingerprint density at radius 1 is 1.11 bits per heavy atom. The molecule has 9 nitrogen and oxygen atoms in total. The van der Waals surface area contributed by atoms with E-state index in [-0.39, 0.29) is 37.9 Å². The van der Waals surface area contributed by atoms with E-state index in [1.54, 1.807) is 36.7 Å². The van der Waals surface area contributed by atoms with Crippen LogP contribution in [0, 0.1) is 0 Å². The smallest absolute Gasteiger partial charge is 0.254 e. The Hall–Kier alpha value is -4.24. The highest BCUT2D eigenvalue weighted by Crippen LogP contribution is 2.23. The van der Waals surface area contributed by atoms with Crippen molar-refractivity contribution in [3.63, 3.8) is 0 Å². The second-order valence-corrected chi connectivity index (χ2v) is 8.34. The van der Waals surface area contributed by atoms with E-state index in [4.69, 9.17) is 9.57 Å². The first-order valence-corrected chi connectivity index (χ1v) is 11.6. The molecule has 2 atom stereocenters. The summed E-state index contributed by atoms with van der Waals surface area (Å²) in [6, 6.07) is 19.3. The average Bonchev–Trinajstić information content (AvgIpc) is 3.35. The molecular formula is C27H28N4O5. The maximum Gasteiger partial charge on any atom is 0.254 e. The number of amides is 2. The molecule has 1 saturated heterocycles. The zero-order chi connectivity index (χ0) is 25.3. The van der Waals surface area contributed by atoms with Crippen LogP contribution in [0.3, 0.4) is 0 Å². The molecule has 0 bridgehead atoms. The van der Waals surface area contributed by atoms with Gasteiger partial charge < -0.3 is 24.9 Å². The molecule has 4 rings (SSSR count). The number of hydrogen-bond donors (Lipinski definition) is 2. The van der Waals surface area contributed by atoms with Crippen molar-refractivity contribution >= 4 is 17.5 Å². The molecule has 0 saturated carbocycles. The summed E-state index contributed by atoms with van der Waals surface area (Å²) < 4.78 is 5.53. The lowest BCUT2D eigenvalue weighted by molar-refractivity contribution is -0.125. The Morgan fingerprint density at radius 3 is 2.58 bits per heavy atom. The van der Waals surface area contributed by atoms with Crippen LogP contribution in [0.4, 0.5) is 0 Å². The minimum Gasteiger partial charge on any atom is -0.491 e. The first-order chi connectivity index (χ1) is 17.5. The summed E-state index contributed by atoms with van der Waals surface area (Å²) in [4.78, 5) is 36.8. The third-order valence-corrected chi connectivity index (χ3v) is 5.77. The van der Waals surface area contributed by atoms with Gasteiger partial charge in [0.15, 0.2) is 0 Å². The largest absolute Gasteiger partial charge is 0.491 e. The number of carbonyl (C=O) groups excluding carboxylic acids is 2. The van der Waals surface area contributed by atoms with Crippen LogP contribution in [0.2, 0.25) is 0 Å². The Morgan fingerprint density at radius 2 is 1.89 bits per heavy atom. The van der Waals surface area contributed by atoms with Gasteiger partial charge in [0, 0.05) is 30.9 Å². The number of oxime groups is 1. The van der Waals surface area contributed by atoms with Crippen molar-refractivity contribution in [3.05, 3.63) is 84.7 Å². The molecule has 2 aromatic carbocycles. The van der Waals surface area contributed by atoms with Gasteiger partial charge in [-0.3, -0.25) is 14.6 Å². The van der Waals surface area contributed by atoms with E-state index in [0.29, 0.717) is 17.0 Å². The zero-order valence-corrected chi connectivity index (χ0v) is 19.9. The summed E-state index contributed by atoms with van der Waals surface area (Å²) in [6.07, 6.45) is 2.79. The molecular weight excluding hydrogens is 460 g/mol. The van der Waals surface area contributed by atoms with Crippen molar-refractivity contribution in [3.8, 4) is 16.9 Å². The molecule has 1 aliphatic rings. The number of aliphatic hydroxyl groups excluding tert-OH is 1. The van der Waals surface area contributed by atoms with Gasteiger partial charge >= 0.3 is 0 Å². The summed E-state index contributed by atoms with van der Waals surface area (Å²) in [5, 5.41) is 16.9. The fraction of sp³-hybridized carbons (Fsp3) is 0.259. The predicted molar refractivity (Wildman–Crippen MR) is 135 cm³/mol. The number of benzene rings is 2. The normalized spacial score (nSPS) is 17.0. The number of likely N-dealkylation sites (tertiary alicyclic amines) is 1. The van der Waals surface area contributed by atoms with Crippen molar-refractivity contribution < 1.29 is 24.3 Å². The van der Waals surface area contributed by atoms with Crippen LogP contribution in [-0.4, -0.2) is 71.5 Å². The molecule has 2 heterocycles. The number of pyridine rings is 1. The summed E-state index contributed by atoms with van der Waals surface area (Å²) in [5.41, 5.74) is 2.92. The first-order valence-electron chi connectivity index (χ1n) is 11.6. The number of aromatic nitrogens is 1. The summed E-state index contributed by atoms with van der Waals surface area (Å²) in [5.74, 6) is -0.0389. The third kappa shape index (κ3) is 6.25. The van der Waals surface area contributed by atoms with Crippen LogP contribution < -0.4 is 10.1 Å². The van der Waals surface area contributed by atoms with Gasteiger partial charge in [-0.15, -0.1) is 0 Å². The van der Waals surface area contributed by atoms with Crippen molar-refractivity contribution in [1.29, 1.82) is 0 Å². The zero-order valence-electron chi connectivity index (χ0n) is 19.9. The molecule has 36 heavy (non-hydrogen) atoms. The van der Waals surface area contributed by atoms with Gasteiger partial charge in [0.1, 0.15) is 31.6 Å². The van der Waals surface area contributed by atoms with E-state index in [1.165, 1.54) is 12.0 Å². The lowest BCUT2D eigenvalue weighted by Gasteiger charge is -2.24. The van der Waals surface area contributed by atoms with Crippen LogP contribution in [0.5, 0.6) is 5.75 Å². The predicted octanol–water partition coefficient (Wildman–Crippen LogP) is 2.52. The van der Waals surface area contributed by atoms with E-state index in [1.807, 2.05) is 42.5 Å². The number of nitrogens with one attached hydrogen (secondary N) is 1. The molecule has 1 fully saturated rings. The van der Waals surface area contributed by atoms with E-state index < -0.39 is 12.1 Å². The van der Waals surface area contributed by atoms with Crippen LogP contribution in [0.15, 0.2) is 84.3 Å². The van der Waals surface area contributed by atoms with Gasteiger partial charge in [0.25, 0.3) is 5.91 Å². The van der Waals surface area contributed by atoms with Gasteiger partial charge in [-0.2, -0.15) is 0 Å². The topological polar surface area (TPSA) is 113 Å². The molecule has 2 amide bonds. The van der Waals surface area contributed by atoms with Crippen molar-refractivity contribution in [2.75, 3.05) is 26.8 Å². The quantitative estimate of drug-likeness (QED) is 0.448. The maximum absolute atomic E-state index is 13.3. The van der Waals surface area contributed by atoms with Crippen molar-refractivity contribution in [2.45, 2.75) is 18.6 Å². The molecule has 0 aliphatic carbocycles. The summed E-state index contributed by atoms with van der Waals surface area (Å²) in [6.45, 7) is 0.187. The molecule has 186 valence electrons. The standard InChI is InChI=1S/C27H28N4O5/c1-35-30-22-14-25(26(33)29-16-23(32)18-36-24-7-3-2-4-8-24)31(17-22)27(34)20-11-9-19(10-12-20)21-6-5-13-28-15-21/h2-13,15,23,25,32H,14,16-18H2,1H3,(H,29,33)/b30-22+. The highest BCUT2D eigenvalue weighted by molar-refractivity contribution is 6.05. The number of nitrogens with zero attached hydrogens (tertiary/aromatic N) is 3. The number of ether oxygens (including phenoxy) is 1. The number of aliphatic hydroxyl groups is 1. The molecule has 2 N–H and O–H groups in total. The fourth-order valence-corrected chi connectivity index (χ4v) is 3.96. The molecule has 2 unspecified atom stereocenters. The number of rotatable bonds is 9. The van der Waals surface area contributed by atoms with E-state index >= 15 is 0 Å². The lowest BCUT2D eigenvalue weighted by Crippen LogP contribution is -2.48. The molecule has 0 radical (unpaired) electrons. The summed E-state index contributed by atoms with van der Waals surface area (Å²) in [7, 11) is 1.42. The molecule has 3 aromatic rings. The van der Waals surface area contributed by atoms with Crippen LogP contribution in [0.25, 0.3) is 11.1 Å². The third-order valence-electron chi connectivity index (χ3n) is 5.77. The highest BCUT2D eigenvalue weighted by atomic mass is 16.6. The number of hydrogen-bond acceptors (Lipinski definition) is 7. The average molecular weight is 489 g/mol. The fourth-order valence-electron chi connectivity index (χ4n) is 3.96. The van der Waals surface area contributed by atoms with Gasteiger partial charge in [0.2, 0.25) is 5.91 Å². The van der Waals surface area contributed by atoms with E-state index in [0.717, 1.165) is 11.1 Å². The Bertz CT molecular complexity index is 1190. The minimum atomic E-state index is -0.910. The Balaban J connectivity index is 1.39. The minimum absolute atomic E-state index is 0.0131. The molecule has 9 heteroatoms. The molecule has 0 spiro atoms.